The molecule has 1 saturated heterocycles. The fourth-order valence-corrected chi connectivity index (χ4v) is 3.86. The van der Waals surface area contributed by atoms with E-state index >= 15 is 0 Å². The Kier molecular flexibility index (Phi) is 10.4. The summed E-state index contributed by atoms with van der Waals surface area (Å²) in [6.45, 7) is 9.08. The molecule has 0 spiro atoms. The number of guanidine groups is 1. The summed E-state index contributed by atoms with van der Waals surface area (Å²) in [7, 11) is -3.50. The van der Waals surface area contributed by atoms with Crippen molar-refractivity contribution in [2.75, 3.05) is 52.6 Å². The van der Waals surface area contributed by atoms with Crippen LogP contribution >= 0.6 is 0 Å². The van der Waals surface area contributed by atoms with E-state index in [-0.39, 0.29) is 11.4 Å². The number of aliphatic imine (C=N–C) groups is 1. The largest absolute Gasteiger partial charge is 0.381 e. The summed E-state index contributed by atoms with van der Waals surface area (Å²) in [5.74, 6) is 1.20. The van der Waals surface area contributed by atoms with Gasteiger partial charge in [-0.2, -0.15) is 0 Å². The van der Waals surface area contributed by atoms with Crippen molar-refractivity contribution in [3.05, 3.63) is 29.8 Å². The standard InChI is InChI=1S/C20H34N4O4S/c1-3-21-20(22-10-4-13-27-15-18-9-14-28-16-18)23-11-12-24-29(25,26)19-7-5-17(2)6-8-19/h5-8,18,24H,3-4,9-16H2,1-2H3,(H2,21,22,23). The summed E-state index contributed by atoms with van der Waals surface area (Å²) in [6.07, 6.45) is 1.92. The lowest BCUT2D eigenvalue weighted by molar-refractivity contribution is 0.0893. The minimum absolute atomic E-state index is 0.271. The quantitative estimate of drug-likeness (QED) is 0.264. The number of hydrogen-bond donors (Lipinski definition) is 3. The van der Waals surface area contributed by atoms with E-state index in [1.54, 1.807) is 24.3 Å². The van der Waals surface area contributed by atoms with Gasteiger partial charge in [0.05, 0.1) is 18.1 Å². The molecule has 0 radical (unpaired) electrons. The van der Waals surface area contributed by atoms with Gasteiger partial charge in [0.1, 0.15) is 0 Å². The molecule has 1 aliphatic rings. The number of benzene rings is 1. The zero-order chi connectivity index (χ0) is 21.0. The summed E-state index contributed by atoms with van der Waals surface area (Å²) < 4.78 is 38.2. The molecular weight excluding hydrogens is 392 g/mol. The monoisotopic (exact) mass is 426 g/mol. The van der Waals surface area contributed by atoms with Gasteiger partial charge < -0.3 is 20.1 Å². The molecule has 2 rings (SSSR count). The third kappa shape index (κ3) is 9.12. The molecule has 0 amide bonds. The van der Waals surface area contributed by atoms with Crippen LogP contribution in [0.25, 0.3) is 0 Å². The SMILES string of the molecule is CCNC(=NCCCOCC1CCOC1)NCCNS(=O)(=O)c1ccc(C)cc1. The second kappa shape index (κ2) is 12.8. The average Bonchev–Trinajstić information content (AvgIpc) is 3.21. The first kappa shape index (κ1) is 23.6. The lowest BCUT2D eigenvalue weighted by Crippen LogP contribution is -2.41. The van der Waals surface area contributed by atoms with Gasteiger partial charge in [-0.1, -0.05) is 17.7 Å². The Bertz CT molecular complexity index is 717. The van der Waals surface area contributed by atoms with Crippen molar-refractivity contribution in [2.24, 2.45) is 10.9 Å². The molecule has 1 aliphatic heterocycles. The third-order valence-corrected chi connectivity index (χ3v) is 5.96. The van der Waals surface area contributed by atoms with E-state index in [1.807, 2.05) is 13.8 Å². The summed E-state index contributed by atoms with van der Waals surface area (Å²) in [4.78, 5) is 4.77. The maximum absolute atomic E-state index is 12.3. The van der Waals surface area contributed by atoms with E-state index < -0.39 is 10.0 Å². The molecule has 0 aromatic heterocycles. The lowest BCUT2D eigenvalue weighted by Gasteiger charge is -2.12. The van der Waals surface area contributed by atoms with E-state index in [4.69, 9.17) is 9.47 Å². The summed E-state index contributed by atoms with van der Waals surface area (Å²) in [6, 6.07) is 6.79. The maximum Gasteiger partial charge on any atom is 0.240 e. The normalized spacial score (nSPS) is 17.4. The first-order chi connectivity index (χ1) is 14.0. The van der Waals surface area contributed by atoms with E-state index in [0.29, 0.717) is 31.6 Å². The van der Waals surface area contributed by atoms with Crippen LogP contribution in [0.3, 0.4) is 0 Å². The Morgan fingerprint density at radius 3 is 2.72 bits per heavy atom. The Balaban J connectivity index is 1.64. The molecule has 29 heavy (non-hydrogen) atoms. The van der Waals surface area contributed by atoms with Crippen LogP contribution in [0.4, 0.5) is 0 Å². The summed E-state index contributed by atoms with van der Waals surface area (Å²) in [5.41, 5.74) is 1.02. The minimum atomic E-state index is -3.50. The number of rotatable bonds is 12. The van der Waals surface area contributed by atoms with Gasteiger partial charge in [-0.25, -0.2) is 13.1 Å². The van der Waals surface area contributed by atoms with E-state index in [1.165, 1.54) is 0 Å². The molecule has 0 saturated carbocycles. The first-order valence-corrected chi connectivity index (χ1v) is 11.7. The molecule has 0 aliphatic carbocycles. The van der Waals surface area contributed by atoms with Gasteiger partial charge in [0.15, 0.2) is 5.96 Å². The predicted molar refractivity (Wildman–Crippen MR) is 115 cm³/mol. The van der Waals surface area contributed by atoms with Gasteiger partial charge in [0.25, 0.3) is 0 Å². The Morgan fingerprint density at radius 1 is 1.24 bits per heavy atom. The van der Waals surface area contributed by atoms with Crippen molar-refractivity contribution in [1.29, 1.82) is 0 Å². The molecule has 1 fully saturated rings. The van der Waals surface area contributed by atoms with Crippen LogP contribution in [0.1, 0.15) is 25.3 Å². The molecular formula is C20H34N4O4S. The van der Waals surface area contributed by atoms with Crippen molar-refractivity contribution in [3.63, 3.8) is 0 Å². The molecule has 9 heteroatoms. The van der Waals surface area contributed by atoms with Crippen LogP contribution in [0.2, 0.25) is 0 Å². The molecule has 164 valence electrons. The van der Waals surface area contributed by atoms with E-state index in [9.17, 15) is 8.42 Å². The van der Waals surface area contributed by atoms with Crippen LogP contribution in [0.15, 0.2) is 34.2 Å². The van der Waals surface area contributed by atoms with Crippen molar-refractivity contribution in [3.8, 4) is 0 Å². The maximum atomic E-state index is 12.3. The molecule has 8 nitrogen and oxygen atoms in total. The highest BCUT2D eigenvalue weighted by atomic mass is 32.2. The van der Waals surface area contributed by atoms with Gasteiger partial charge in [0, 0.05) is 45.3 Å². The number of nitrogens with zero attached hydrogens (tertiary/aromatic N) is 1. The minimum Gasteiger partial charge on any atom is -0.381 e. The van der Waals surface area contributed by atoms with Crippen LogP contribution in [0.5, 0.6) is 0 Å². The lowest BCUT2D eigenvalue weighted by atomic mass is 10.1. The fourth-order valence-electron chi connectivity index (χ4n) is 2.83. The number of sulfonamides is 1. The highest BCUT2D eigenvalue weighted by Crippen LogP contribution is 2.12. The topological polar surface area (TPSA) is 101 Å². The van der Waals surface area contributed by atoms with Gasteiger partial charge in [-0.3, -0.25) is 4.99 Å². The predicted octanol–water partition coefficient (Wildman–Crippen LogP) is 1.27. The van der Waals surface area contributed by atoms with Crippen LogP contribution in [0, 0.1) is 12.8 Å². The van der Waals surface area contributed by atoms with Crippen molar-refractivity contribution >= 4 is 16.0 Å². The number of hydrogen-bond acceptors (Lipinski definition) is 5. The Morgan fingerprint density at radius 2 is 2.03 bits per heavy atom. The molecule has 0 bridgehead atoms. The highest BCUT2D eigenvalue weighted by Gasteiger charge is 2.15. The number of aryl methyl sites for hydroxylation is 1. The van der Waals surface area contributed by atoms with Crippen molar-refractivity contribution in [1.82, 2.24) is 15.4 Å². The van der Waals surface area contributed by atoms with Gasteiger partial charge >= 0.3 is 0 Å². The molecule has 1 unspecified atom stereocenters. The second-order valence-electron chi connectivity index (χ2n) is 7.06. The number of nitrogens with one attached hydrogen (secondary N) is 3. The molecule has 1 aromatic rings. The summed E-state index contributed by atoms with van der Waals surface area (Å²) >= 11 is 0. The van der Waals surface area contributed by atoms with Crippen LogP contribution in [-0.4, -0.2) is 67.0 Å². The Hall–Kier alpha value is -1.68. The first-order valence-electron chi connectivity index (χ1n) is 10.2. The molecule has 3 N–H and O–H groups in total. The Labute approximate surface area is 174 Å². The third-order valence-electron chi connectivity index (χ3n) is 4.48. The van der Waals surface area contributed by atoms with E-state index in [2.05, 4.69) is 20.3 Å². The smallest absolute Gasteiger partial charge is 0.240 e. The second-order valence-corrected chi connectivity index (χ2v) is 8.82. The highest BCUT2D eigenvalue weighted by molar-refractivity contribution is 7.89. The molecule has 1 heterocycles. The van der Waals surface area contributed by atoms with Crippen molar-refractivity contribution < 1.29 is 17.9 Å². The van der Waals surface area contributed by atoms with Crippen LogP contribution < -0.4 is 15.4 Å². The van der Waals surface area contributed by atoms with Crippen LogP contribution in [-0.2, 0) is 19.5 Å². The van der Waals surface area contributed by atoms with Gasteiger partial charge in [-0.05, 0) is 38.8 Å². The van der Waals surface area contributed by atoms with E-state index in [0.717, 1.165) is 44.8 Å². The average molecular weight is 427 g/mol. The van der Waals surface area contributed by atoms with Gasteiger partial charge in [0.2, 0.25) is 10.0 Å². The zero-order valence-corrected chi connectivity index (χ0v) is 18.3. The van der Waals surface area contributed by atoms with Gasteiger partial charge in [-0.15, -0.1) is 0 Å². The summed E-state index contributed by atoms with van der Waals surface area (Å²) in [5, 5.41) is 6.30. The van der Waals surface area contributed by atoms with Crippen molar-refractivity contribution in [2.45, 2.75) is 31.6 Å². The molecule has 1 aromatic carbocycles. The zero-order valence-electron chi connectivity index (χ0n) is 17.4. The number of ether oxygens (including phenoxy) is 2. The molecule has 1 atom stereocenters. The fraction of sp³-hybridized carbons (Fsp3) is 0.650.